The highest BCUT2D eigenvalue weighted by molar-refractivity contribution is 6.30. The molecule has 2 atom stereocenters. The van der Waals surface area contributed by atoms with Gasteiger partial charge in [-0.25, -0.2) is 23.5 Å². The fraction of sp³-hybridized carbons (Fsp3) is 0.474. The number of aliphatic imine (C=N–C) groups is 1. The lowest BCUT2D eigenvalue weighted by molar-refractivity contribution is -0.139. The number of piperazine rings is 3. The summed E-state index contributed by atoms with van der Waals surface area (Å²) in [4.78, 5) is 98.0. The molecule has 0 saturated carbocycles. The van der Waals surface area contributed by atoms with Crippen molar-refractivity contribution in [3.63, 3.8) is 0 Å². The van der Waals surface area contributed by atoms with Gasteiger partial charge in [0.25, 0.3) is 0 Å². The number of hydrogen-bond donors (Lipinski definition) is 4. The molecule has 7 heterocycles. The first kappa shape index (κ1) is 74.0. The Balaban J connectivity index is 0.534. The van der Waals surface area contributed by atoms with E-state index in [2.05, 4.69) is 70.7 Å². The van der Waals surface area contributed by atoms with Gasteiger partial charge in [-0.05, 0) is 123 Å². The highest BCUT2D eigenvalue weighted by Gasteiger charge is 2.47. The van der Waals surface area contributed by atoms with E-state index in [0.717, 1.165) is 80.2 Å². The average molecular weight is 1450 g/mol. The van der Waals surface area contributed by atoms with E-state index in [1.54, 1.807) is 53.3 Å². The van der Waals surface area contributed by atoms with Gasteiger partial charge in [-0.1, -0.05) is 85.6 Å². The molecule has 103 heavy (non-hydrogen) atoms. The van der Waals surface area contributed by atoms with Gasteiger partial charge in [0.05, 0.1) is 68.9 Å². The second kappa shape index (κ2) is 33.4. The fourth-order valence-corrected chi connectivity index (χ4v) is 14.6. The van der Waals surface area contributed by atoms with Gasteiger partial charge in [0.2, 0.25) is 23.6 Å². The molecule has 5 fully saturated rings. The number of nitrogens with zero attached hydrogens (tertiary/aromatic N) is 11. The summed E-state index contributed by atoms with van der Waals surface area (Å²) >= 11 is 12.8. The van der Waals surface area contributed by atoms with Crippen molar-refractivity contribution >= 4 is 76.0 Å². The summed E-state index contributed by atoms with van der Waals surface area (Å²) in [5.41, 5.74) is 4.23. The Hall–Kier alpha value is -8.72. The van der Waals surface area contributed by atoms with E-state index in [1.165, 1.54) is 28.3 Å². The summed E-state index contributed by atoms with van der Waals surface area (Å²) in [5.74, 6) is 0.833. The molecule has 0 bridgehead atoms. The third kappa shape index (κ3) is 19.0. The Labute approximate surface area is 611 Å². The van der Waals surface area contributed by atoms with Crippen LogP contribution in [-0.2, 0) is 43.5 Å². The van der Waals surface area contributed by atoms with Crippen molar-refractivity contribution in [2.24, 2.45) is 10.4 Å². The van der Waals surface area contributed by atoms with Crippen LogP contribution in [0.2, 0.25) is 10.0 Å². The predicted octanol–water partition coefficient (Wildman–Crippen LogP) is 8.94. The Kier molecular flexibility index (Phi) is 24.0. The molecule has 12 rings (SSSR count). The van der Waals surface area contributed by atoms with Crippen molar-refractivity contribution in [2.45, 2.75) is 96.7 Å². The number of aromatic nitrogens is 2. The first-order valence-electron chi connectivity index (χ1n) is 35.6. The molecule has 6 aliphatic heterocycles. The van der Waals surface area contributed by atoms with Gasteiger partial charge in [0, 0.05) is 125 Å². The number of methoxy groups -OCH3 is 1. The molecule has 6 aromatic rings. The van der Waals surface area contributed by atoms with Crippen LogP contribution < -0.4 is 40.5 Å². The van der Waals surface area contributed by atoms with Crippen LogP contribution in [0.1, 0.15) is 98.8 Å². The molecule has 4 N–H and O–H groups in total. The molecule has 27 heteroatoms. The van der Waals surface area contributed by atoms with E-state index in [9.17, 15) is 19.2 Å². The number of carbonyl (C=O) groups excluding carboxylic acids is 5. The number of nitrogens with one attached hydrogen (secondary N) is 4. The first-order chi connectivity index (χ1) is 49.6. The summed E-state index contributed by atoms with van der Waals surface area (Å²) in [6, 6.07) is 30.8. The fourth-order valence-electron chi connectivity index (χ4n) is 14.4. The van der Waals surface area contributed by atoms with Crippen molar-refractivity contribution in [3.8, 4) is 11.5 Å². The minimum Gasteiger partial charge on any atom is -0.497 e. The quantitative estimate of drug-likeness (QED) is 0.0393. The van der Waals surface area contributed by atoms with Crippen LogP contribution in [0, 0.1) is 17.0 Å². The highest BCUT2D eigenvalue weighted by atomic mass is 35.5. The van der Waals surface area contributed by atoms with E-state index in [-0.39, 0.29) is 93.3 Å². The molecule has 6 aliphatic rings. The Morgan fingerprint density at radius 2 is 1.40 bits per heavy atom. The van der Waals surface area contributed by atoms with Crippen molar-refractivity contribution < 1.29 is 47.0 Å². The van der Waals surface area contributed by atoms with Crippen molar-refractivity contribution in [1.29, 1.82) is 0 Å². The average Bonchev–Trinajstić information content (AvgIpc) is 1.63. The molecule has 5 aromatic carbocycles. The van der Waals surface area contributed by atoms with Crippen LogP contribution >= 0.6 is 23.2 Å². The van der Waals surface area contributed by atoms with Crippen molar-refractivity contribution in [3.05, 3.63) is 171 Å². The summed E-state index contributed by atoms with van der Waals surface area (Å²) in [6.45, 7) is 17.6. The van der Waals surface area contributed by atoms with Gasteiger partial charge in [-0.2, -0.15) is 0 Å². The van der Waals surface area contributed by atoms with Gasteiger partial charge < -0.3 is 55.1 Å². The first-order valence-corrected chi connectivity index (χ1v) is 36.4. The van der Waals surface area contributed by atoms with E-state index in [0.29, 0.717) is 110 Å². The predicted molar refractivity (Wildman–Crippen MR) is 393 cm³/mol. The Bertz CT molecular complexity index is 4020. The molecule has 548 valence electrons. The number of hydrogen-bond acceptors (Lipinski definition) is 17. The maximum Gasteiger partial charge on any atom is 0.326 e. The third-order valence-corrected chi connectivity index (χ3v) is 20.8. The van der Waals surface area contributed by atoms with Gasteiger partial charge in [-0.3, -0.25) is 43.8 Å². The van der Waals surface area contributed by atoms with Crippen LogP contribution in [0.15, 0.2) is 121 Å². The number of halogens is 4. The largest absolute Gasteiger partial charge is 0.497 e. The number of amides is 6. The number of anilines is 3. The molecule has 1 aromatic heterocycles. The molecule has 6 amide bonds. The van der Waals surface area contributed by atoms with E-state index >= 15 is 13.6 Å². The monoisotopic (exact) mass is 1450 g/mol. The van der Waals surface area contributed by atoms with Crippen LogP contribution in [0.3, 0.4) is 0 Å². The molecule has 23 nitrogen and oxygen atoms in total. The lowest BCUT2D eigenvalue weighted by atomic mass is 9.82. The minimum absolute atomic E-state index is 0.0462. The molecular weight excluding hydrogens is 1360 g/mol. The third-order valence-electron chi connectivity index (χ3n) is 20.3. The number of rotatable bonds is 25. The van der Waals surface area contributed by atoms with Gasteiger partial charge >= 0.3 is 6.03 Å². The number of likely N-dealkylation sites (tertiary alicyclic amines) is 1. The smallest absolute Gasteiger partial charge is 0.326 e. The zero-order valence-corrected chi connectivity index (χ0v) is 60.8. The highest BCUT2D eigenvalue weighted by Crippen LogP contribution is 2.46. The van der Waals surface area contributed by atoms with Crippen LogP contribution in [0.25, 0.3) is 0 Å². The normalized spacial score (nSPS) is 19.6. The Morgan fingerprint density at radius 1 is 0.699 bits per heavy atom. The SMILES string of the molecule is COc1ccc(C2=N[C@@H](c3ccc(Cl)cc3)[C@@H](c3ccc(Cl)cc3)N2C(=O)N2CCN(CC(=O)NCCOCCN3CCN(CC(=O)NCc4cccc(CNc5cc(N6CCC7(CC6)CN(c6cc(F)c(CN8CCC(C)(C)CC8)cc6F)CC(=O)N7)ncn5)c4)CC3)C(=O)C2)c(OC(C)C)c1. The number of ether oxygens (including phenoxy) is 3. The van der Waals surface area contributed by atoms with Crippen molar-refractivity contribution in [2.75, 3.05) is 147 Å². The standard InChI is InChI=1S/C76H93Cl2F2N15O8/c1-51(2)103-64-39-59(101-5)17-18-60(64)73-86-71(54-9-13-57(77)14-10-54)72(55-11-15-58(78)16-12-55)95(73)74(100)93-33-32-92(70(99)48-93)46-68(97)81-23-35-102-36-34-88-28-30-90(31-29-88)45-67(96)83-43-53-8-6-7-52(37-53)42-82-65-41-66(85-50-84-65)91-26-21-76(22-27-91)49-94(47-69(98)87-76)63-40-61(79)56(38-62(63)80)44-89-24-19-75(3,4)20-25-89/h6-18,37-41,50-51,71-72H,19-36,42-49H2,1-5H3,(H,81,97)(H,83,96)(H,87,98)(H,82,84,85)/t71-,72+/m0/s1. The second-order valence-electron chi connectivity index (χ2n) is 28.7. The maximum absolute atomic E-state index is 15.8. The van der Waals surface area contributed by atoms with Crippen LogP contribution in [0.5, 0.6) is 11.5 Å². The Morgan fingerprint density at radius 3 is 2.11 bits per heavy atom. The zero-order valence-electron chi connectivity index (χ0n) is 59.3. The van der Waals surface area contributed by atoms with Gasteiger partial charge in [-0.15, -0.1) is 0 Å². The van der Waals surface area contributed by atoms with E-state index < -0.39 is 35.3 Å². The minimum atomic E-state index is -0.663. The molecular formula is C76H93Cl2F2N15O8. The number of urea groups is 1. The second-order valence-corrected chi connectivity index (χ2v) is 29.5. The summed E-state index contributed by atoms with van der Waals surface area (Å²) in [6.07, 6.45) is 4.52. The lowest BCUT2D eigenvalue weighted by Gasteiger charge is -2.48. The van der Waals surface area contributed by atoms with Gasteiger partial charge in [0.15, 0.2) is 0 Å². The lowest BCUT2D eigenvalue weighted by Crippen LogP contribution is -2.66. The van der Waals surface area contributed by atoms with E-state index in [1.807, 2.05) is 68.4 Å². The van der Waals surface area contributed by atoms with Gasteiger partial charge in [0.1, 0.15) is 59.5 Å². The molecule has 0 radical (unpaired) electrons. The molecule has 1 spiro atoms. The van der Waals surface area contributed by atoms with Crippen LogP contribution in [-0.4, -0.2) is 218 Å². The summed E-state index contributed by atoms with van der Waals surface area (Å²) < 4.78 is 49.2. The summed E-state index contributed by atoms with van der Waals surface area (Å²) in [5, 5.41) is 13.7. The molecule has 5 saturated heterocycles. The number of amidine groups is 1. The topological polar surface area (TPSA) is 225 Å². The number of carbonyl (C=O) groups is 5. The summed E-state index contributed by atoms with van der Waals surface area (Å²) in [7, 11) is 1.57. The molecule has 0 unspecified atom stereocenters. The number of benzene rings is 5. The molecule has 0 aliphatic carbocycles. The van der Waals surface area contributed by atoms with Crippen molar-refractivity contribution in [1.82, 2.24) is 55.3 Å². The maximum atomic E-state index is 15.8. The van der Waals surface area contributed by atoms with E-state index in [4.69, 9.17) is 42.4 Å². The van der Waals surface area contributed by atoms with Crippen LogP contribution in [0.4, 0.5) is 30.9 Å². The zero-order chi connectivity index (χ0) is 72.4. The number of piperidine rings is 2.